The summed E-state index contributed by atoms with van der Waals surface area (Å²) >= 11 is 0. The van der Waals surface area contributed by atoms with Crippen molar-refractivity contribution in [2.24, 2.45) is 16.8 Å². The fourth-order valence-corrected chi connectivity index (χ4v) is 1.88. The maximum Gasteiger partial charge on any atom is 0.259 e. The van der Waals surface area contributed by atoms with Crippen LogP contribution in [-0.4, -0.2) is 30.7 Å². The van der Waals surface area contributed by atoms with Gasteiger partial charge in [0.15, 0.2) is 0 Å². The van der Waals surface area contributed by atoms with Crippen molar-refractivity contribution < 1.29 is 9.59 Å². The van der Waals surface area contributed by atoms with Gasteiger partial charge in [-0.2, -0.15) is 4.99 Å². The average Bonchev–Trinajstić information content (AvgIpc) is 2.26. The van der Waals surface area contributed by atoms with E-state index in [1.807, 2.05) is 0 Å². The van der Waals surface area contributed by atoms with E-state index >= 15 is 0 Å². The van der Waals surface area contributed by atoms with Crippen LogP contribution in [0, 0.1) is 11.8 Å². The Bertz CT molecular complexity index is 319. The van der Waals surface area contributed by atoms with Gasteiger partial charge in [-0.25, -0.2) is 0 Å². The van der Waals surface area contributed by atoms with Crippen molar-refractivity contribution in [3.05, 3.63) is 0 Å². The van der Waals surface area contributed by atoms with E-state index in [0.29, 0.717) is 5.84 Å². The summed E-state index contributed by atoms with van der Waals surface area (Å²) in [5.74, 6) is -0.359. The summed E-state index contributed by atoms with van der Waals surface area (Å²) in [5, 5.41) is 5.96. The highest BCUT2D eigenvalue weighted by atomic mass is 16.2. The first kappa shape index (κ1) is 10.3. The minimum atomic E-state index is -0.629. The van der Waals surface area contributed by atoms with Crippen LogP contribution in [0.3, 0.4) is 0 Å². The quantitative estimate of drug-likeness (QED) is 0.581. The largest absolute Gasteiger partial charge is 0.317 e. The first-order valence-corrected chi connectivity index (χ1v) is 5.32. The van der Waals surface area contributed by atoms with Gasteiger partial charge in [-0.1, -0.05) is 0 Å². The second kappa shape index (κ2) is 4.10. The zero-order valence-corrected chi connectivity index (χ0v) is 8.75. The number of amides is 2. The predicted octanol–water partition coefficient (Wildman–Crippen LogP) is -0.323. The fourth-order valence-electron chi connectivity index (χ4n) is 1.88. The van der Waals surface area contributed by atoms with Gasteiger partial charge in [-0.3, -0.25) is 9.59 Å². The highest BCUT2D eigenvalue weighted by Gasteiger charge is 2.31. The molecular weight excluding hydrogens is 194 g/mol. The number of carbonyl (C=O) groups is 2. The maximum atomic E-state index is 11.4. The Balaban J connectivity index is 2.12. The van der Waals surface area contributed by atoms with Gasteiger partial charge < -0.3 is 10.6 Å². The van der Waals surface area contributed by atoms with Crippen LogP contribution in [-0.2, 0) is 9.59 Å². The molecule has 0 bridgehead atoms. The zero-order chi connectivity index (χ0) is 10.8. The molecule has 0 radical (unpaired) electrons. The van der Waals surface area contributed by atoms with Gasteiger partial charge in [-0.15, -0.1) is 0 Å². The average molecular weight is 209 g/mol. The monoisotopic (exact) mass is 209 g/mol. The van der Waals surface area contributed by atoms with Crippen LogP contribution >= 0.6 is 0 Å². The minimum Gasteiger partial charge on any atom is -0.317 e. The fraction of sp³-hybridized carbons (Fsp3) is 0.700. The lowest BCUT2D eigenvalue weighted by molar-refractivity contribution is -0.132. The van der Waals surface area contributed by atoms with Crippen molar-refractivity contribution >= 4 is 17.6 Å². The van der Waals surface area contributed by atoms with Gasteiger partial charge >= 0.3 is 0 Å². The summed E-state index contributed by atoms with van der Waals surface area (Å²) in [6.07, 6.45) is 1.86. The molecule has 2 aliphatic heterocycles. The summed E-state index contributed by atoms with van der Waals surface area (Å²) in [6, 6.07) is 0. The van der Waals surface area contributed by atoms with E-state index < -0.39 is 5.92 Å². The van der Waals surface area contributed by atoms with Crippen LogP contribution in [0.4, 0.5) is 0 Å². The molecule has 15 heavy (non-hydrogen) atoms. The van der Waals surface area contributed by atoms with E-state index in [4.69, 9.17) is 0 Å². The lowest BCUT2D eigenvalue weighted by atomic mass is 9.95. The van der Waals surface area contributed by atoms with E-state index in [2.05, 4.69) is 15.6 Å². The molecule has 2 rings (SSSR count). The molecule has 0 spiro atoms. The molecule has 0 aliphatic carbocycles. The molecule has 2 amide bonds. The number of piperidine rings is 1. The van der Waals surface area contributed by atoms with Gasteiger partial charge in [0.1, 0.15) is 11.8 Å². The molecule has 1 unspecified atom stereocenters. The van der Waals surface area contributed by atoms with Crippen molar-refractivity contribution in [1.82, 2.24) is 10.6 Å². The van der Waals surface area contributed by atoms with E-state index in [1.165, 1.54) is 0 Å². The third-order valence-corrected chi connectivity index (χ3v) is 2.97. The molecule has 0 aromatic rings. The molecule has 82 valence electrons. The number of nitrogens with zero attached hydrogens (tertiary/aromatic N) is 1. The Morgan fingerprint density at radius 3 is 2.53 bits per heavy atom. The molecule has 2 N–H and O–H groups in total. The number of amidine groups is 1. The molecule has 5 nitrogen and oxygen atoms in total. The summed E-state index contributed by atoms with van der Waals surface area (Å²) in [7, 11) is 0. The summed E-state index contributed by atoms with van der Waals surface area (Å²) in [5.41, 5.74) is 0. The number of rotatable bonds is 1. The normalized spacial score (nSPS) is 28.6. The van der Waals surface area contributed by atoms with Gasteiger partial charge in [0.25, 0.3) is 5.91 Å². The molecule has 2 aliphatic rings. The Hall–Kier alpha value is -1.23. The number of carbonyl (C=O) groups excluding carboxylic acids is 2. The van der Waals surface area contributed by atoms with Crippen molar-refractivity contribution in [3.8, 4) is 0 Å². The van der Waals surface area contributed by atoms with Gasteiger partial charge in [0.2, 0.25) is 5.91 Å². The topological polar surface area (TPSA) is 70.6 Å². The molecule has 1 saturated heterocycles. The lowest BCUT2D eigenvalue weighted by Gasteiger charge is -2.27. The minimum absolute atomic E-state index is 0.219. The summed E-state index contributed by atoms with van der Waals surface area (Å²) < 4.78 is 0. The Morgan fingerprint density at radius 1 is 1.27 bits per heavy atom. The van der Waals surface area contributed by atoms with Gasteiger partial charge in [0, 0.05) is 5.92 Å². The Morgan fingerprint density at radius 2 is 1.93 bits per heavy atom. The van der Waals surface area contributed by atoms with Crippen molar-refractivity contribution in [3.63, 3.8) is 0 Å². The van der Waals surface area contributed by atoms with Gasteiger partial charge in [0.05, 0.1) is 0 Å². The van der Waals surface area contributed by atoms with Gasteiger partial charge in [-0.05, 0) is 32.9 Å². The van der Waals surface area contributed by atoms with Crippen molar-refractivity contribution in [1.29, 1.82) is 0 Å². The van der Waals surface area contributed by atoms with Crippen molar-refractivity contribution in [2.75, 3.05) is 13.1 Å². The zero-order valence-electron chi connectivity index (χ0n) is 8.75. The lowest BCUT2D eigenvalue weighted by Crippen LogP contribution is -2.47. The van der Waals surface area contributed by atoms with Crippen LogP contribution in [0.25, 0.3) is 0 Å². The first-order chi connectivity index (χ1) is 7.18. The second-order valence-electron chi connectivity index (χ2n) is 4.07. The molecule has 0 saturated carbocycles. The molecule has 0 aromatic carbocycles. The van der Waals surface area contributed by atoms with Crippen LogP contribution in [0.15, 0.2) is 4.99 Å². The molecular formula is C10H15N3O2. The Labute approximate surface area is 88.3 Å². The van der Waals surface area contributed by atoms with Crippen LogP contribution in [0.5, 0.6) is 0 Å². The summed E-state index contributed by atoms with van der Waals surface area (Å²) in [6.45, 7) is 3.42. The molecule has 2 heterocycles. The van der Waals surface area contributed by atoms with Crippen LogP contribution < -0.4 is 10.6 Å². The highest BCUT2D eigenvalue weighted by molar-refractivity contribution is 6.16. The van der Waals surface area contributed by atoms with Crippen LogP contribution in [0.1, 0.15) is 19.8 Å². The standard InChI is InChI=1S/C10H15N3O2/c1-6-9(14)12-8(13-10(6)15)7-2-4-11-5-3-7/h6-7,11H,2-5H2,1H3,(H,12,13,14,15). The smallest absolute Gasteiger partial charge is 0.259 e. The number of hydrogen-bond donors (Lipinski definition) is 2. The SMILES string of the molecule is CC1C(=O)N=C(C2CCNCC2)NC1=O. The molecule has 1 atom stereocenters. The highest BCUT2D eigenvalue weighted by Crippen LogP contribution is 2.16. The molecule has 5 heteroatoms. The van der Waals surface area contributed by atoms with E-state index in [1.54, 1.807) is 6.92 Å². The predicted molar refractivity (Wildman–Crippen MR) is 55.3 cm³/mol. The molecule has 0 aromatic heterocycles. The van der Waals surface area contributed by atoms with E-state index in [9.17, 15) is 9.59 Å². The van der Waals surface area contributed by atoms with E-state index in [-0.39, 0.29) is 17.7 Å². The van der Waals surface area contributed by atoms with Crippen LogP contribution in [0.2, 0.25) is 0 Å². The third-order valence-electron chi connectivity index (χ3n) is 2.97. The summed E-state index contributed by atoms with van der Waals surface area (Å²) in [4.78, 5) is 26.8. The first-order valence-electron chi connectivity index (χ1n) is 5.32. The number of aliphatic imine (C=N–C) groups is 1. The number of hydrogen-bond acceptors (Lipinski definition) is 3. The maximum absolute atomic E-state index is 11.4. The molecule has 1 fully saturated rings. The third kappa shape index (κ3) is 2.07. The number of nitrogens with one attached hydrogen (secondary N) is 2. The Kier molecular flexibility index (Phi) is 2.81. The second-order valence-corrected chi connectivity index (χ2v) is 4.07. The van der Waals surface area contributed by atoms with E-state index in [0.717, 1.165) is 25.9 Å². The van der Waals surface area contributed by atoms with Crippen molar-refractivity contribution in [2.45, 2.75) is 19.8 Å².